The first-order chi connectivity index (χ1) is 11.3. The summed E-state index contributed by atoms with van der Waals surface area (Å²) >= 11 is 11.9. The Morgan fingerprint density at radius 1 is 1.42 bits per heavy atom. The largest absolute Gasteiger partial charge is 0.508 e. The zero-order valence-electron chi connectivity index (χ0n) is 13.3. The molecule has 1 heterocycles. The summed E-state index contributed by atoms with van der Waals surface area (Å²) < 4.78 is 0. The zero-order valence-corrected chi connectivity index (χ0v) is 14.8. The van der Waals surface area contributed by atoms with E-state index in [0.717, 1.165) is 0 Å². The molecule has 0 saturated carbocycles. The molecule has 6 nitrogen and oxygen atoms in total. The van der Waals surface area contributed by atoms with Crippen molar-refractivity contribution in [2.45, 2.75) is 25.5 Å². The topological polar surface area (TPSA) is 107 Å². The Morgan fingerprint density at radius 2 is 2.04 bits per heavy atom. The van der Waals surface area contributed by atoms with Crippen LogP contribution in [0.3, 0.4) is 0 Å². The maximum absolute atomic E-state index is 12.0. The number of phenolic OH excluding ortho intramolecular Hbond substituents is 1. The first kappa shape index (κ1) is 19.3. The number of amides is 1. The van der Waals surface area contributed by atoms with Crippen molar-refractivity contribution in [2.24, 2.45) is 17.6 Å². The molecule has 134 valence electrons. The Bertz CT molecular complexity index is 614. The van der Waals surface area contributed by atoms with Crippen molar-refractivity contribution in [1.82, 2.24) is 4.90 Å². The van der Waals surface area contributed by atoms with E-state index < -0.39 is 24.7 Å². The van der Waals surface area contributed by atoms with Crippen LogP contribution in [-0.2, 0) is 4.79 Å². The fraction of sp³-hybridized carbons (Fsp3) is 0.562. The van der Waals surface area contributed by atoms with Crippen molar-refractivity contribution in [3.8, 4) is 5.75 Å². The molecule has 0 aromatic heterocycles. The van der Waals surface area contributed by atoms with Gasteiger partial charge >= 0.3 is 0 Å². The maximum atomic E-state index is 12.0. The molecule has 8 heteroatoms. The van der Waals surface area contributed by atoms with Gasteiger partial charge in [-0.1, -0.05) is 30.1 Å². The predicted molar refractivity (Wildman–Crippen MR) is 92.0 cm³/mol. The molecule has 1 amide bonds. The summed E-state index contributed by atoms with van der Waals surface area (Å²) in [5.74, 6) is -0.395. The van der Waals surface area contributed by atoms with Crippen LogP contribution in [0.15, 0.2) is 12.1 Å². The van der Waals surface area contributed by atoms with E-state index in [-0.39, 0.29) is 22.6 Å². The number of aromatic hydroxyl groups is 1. The van der Waals surface area contributed by atoms with Crippen LogP contribution in [-0.4, -0.2) is 51.9 Å². The third kappa shape index (κ3) is 3.95. The summed E-state index contributed by atoms with van der Waals surface area (Å²) in [6.07, 6.45) is -0.770. The lowest BCUT2D eigenvalue weighted by molar-refractivity contribution is -0.144. The molecule has 2 unspecified atom stereocenters. The molecule has 0 aliphatic carbocycles. The Labute approximate surface area is 150 Å². The van der Waals surface area contributed by atoms with Gasteiger partial charge in [0.25, 0.3) is 5.91 Å². The smallest absolute Gasteiger partial charge is 0.253 e. The number of carbonyl (C=O) groups excluding carboxylic acids is 1. The average Bonchev–Trinajstić information content (AvgIpc) is 2.56. The van der Waals surface area contributed by atoms with E-state index in [9.17, 15) is 15.0 Å². The zero-order chi connectivity index (χ0) is 18.0. The second-order valence-electron chi connectivity index (χ2n) is 6.26. The standard InChI is InChI=1S/C16H22Cl2N2O4/c1-8-6-20(16(24)14(23)7-21)3-2-9(8)15(19)10-4-11(17)12(18)5-13(10)22/h4-5,8-9,14-15,21-23H,2-3,6-7,19H2,1H3/t8-,9+,14?,15?/m1/s1. The fourth-order valence-electron chi connectivity index (χ4n) is 3.24. The highest BCUT2D eigenvalue weighted by molar-refractivity contribution is 6.42. The minimum Gasteiger partial charge on any atom is -0.508 e. The summed E-state index contributed by atoms with van der Waals surface area (Å²) in [6, 6.07) is 2.50. The van der Waals surface area contributed by atoms with E-state index in [1.54, 1.807) is 6.07 Å². The van der Waals surface area contributed by atoms with Crippen LogP contribution in [0.1, 0.15) is 24.9 Å². The number of likely N-dealkylation sites (tertiary alicyclic amines) is 1. The van der Waals surface area contributed by atoms with Crippen molar-refractivity contribution in [2.75, 3.05) is 19.7 Å². The van der Waals surface area contributed by atoms with Crippen LogP contribution in [0.25, 0.3) is 0 Å². The minimum atomic E-state index is -1.39. The highest BCUT2D eigenvalue weighted by Gasteiger charge is 2.35. The van der Waals surface area contributed by atoms with E-state index in [1.165, 1.54) is 11.0 Å². The molecule has 1 fully saturated rings. The summed E-state index contributed by atoms with van der Waals surface area (Å²) in [4.78, 5) is 13.5. The minimum absolute atomic E-state index is 0.00157. The lowest BCUT2D eigenvalue weighted by Gasteiger charge is -2.40. The second-order valence-corrected chi connectivity index (χ2v) is 7.08. The molecule has 4 atom stereocenters. The molecule has 1 aliphatic heterocycles. The van der Waals surface area contributed by atoms with E-state index >= 15 is 0 Å². The van der Waals surface area contributed by atoms with Gasteiger partial charge in [-0.15, -0.1) is 0 Å². The molecule has 0 radical (unpaired) electrons. The van der Waals surface area contributed by atoms with Gasteiger partial charge in [0, 0.05) is 30.8 Å². The maximum Gasteiger partial charge on any atom is 0.253 e. The number of rotatable bonds is 4. The molecule has 24 heavy (non-hydrogen) atoms. The molecule has 2 rings (SSSR count). The van der Waals surface area contributed by atoms with Crippen molar-refractivity contribution < 1.29 is 20.1 Å². The summed E-state index contributed by atoms with van der Waals surface area (Å²) in [5, 5.41) is 29.1. The van der Waals surface area contributed by atoms with Crippen LogP contribution in [0.2, 0.25) is 10.0 Å². The van der Waals surface area contributed by atoms with Gasteiger partial charge in [0.05, 0.1) is 16.7 Å². The molecule has 0 bridgehead atoms. The van der Waals surface area contributed by atoms with E-state index in [4.69, 9.17) is 34.0 Å². The van der Waals surface area contributed by atoms with E-state index in [0.29, 0.717) is 30.1 Å². The molecular weight excluding hydrogens is 355 g/mol. The number of hydrogen-bond acceptors (Lipinski definition) is 5. The highest BCUT2D eigenvalue weighted by atomic mass is 35.5. The van der Waals surface area contributed by atoms with Gasteiger partial charge in [-0.2, -0.15) is 0 Å². The lowest BCUT2D eigenvalue weighted by Crippen LogP contribution is -2.49. The van der Waals surface area contributed by atoms with Crippen LogP contribution in [0.4, 0.5) is 0 Å². The third-order valence-electron chi connectivity index (χ3n) is 4.63. The number of aliphatic hydroxyl groups excluding tert-OH is 2. The summed E-state index contributed by atoms with van der Waals surface area (Å²) in [7, 11) is 0. The normalized spacial score (nSPS) is 23.8. The van der Waals surface area contributed by atoms with Crippen molar-refractivity contribution >= 4 is 29.1 Å². The molecule has 5 N–H and O–H groups in total. The summed E-state index contributed by atoms with van der Waals surface area (Å²) in [6.45, 7) is 2.23. The molecule has 0 spiro atoms. The van der Waals surface area contributed by atoms with E-state index in [1.807, 2.05) is 6.92 Å². The Kier molecular flexibility index (Phi) is 6.33. The van der Waals surface area contributed by atoms with Crippen LogP contribution in [0.5, 0.6) is 5.75 Å². The van der Waals surface area contributed by atoms with Crippen LogP contribution in [0, 0.1) is 11.8 Å². The molecule has 1 aromatic rings. The summed E-state index contributed by atoms with van der Waals surface area (Å²) in [5.41, 5.74) is 6.86. The second kappa shape index (κ2) is 7.89. The van der Waals surface area contributed by atoms with Crippen molar-refractivity contribution in [3.05, 3.63) is 27.7 Å². The van der Waals surface area contributed by atoms with Gasteiger partial charge in [-0.3, -0.25) is 4.79 Å². The third-order valence-corrected chi connectivity index (χ3v) is 5.35. The number of hydrogen-bond donors (Lipinski definition) is 4. The van der Waals surface area contributed by atoms with Crippen molar-refractivity contribution in [1.29, 1.82) is 0 Å². The van der Waals surface area contributed by atoms with Gasteiger partial charge in [0.15, 0.2) is 6.10 Å². The monoisotopic (exact) mass is 376 g/mol. The van der Waals surface area contributed by atoms with Gasteiger partial charge < -0.3 is 26.0 Å². The lowest BCUT2D eigenvalue weighted by atomic mass is 9.79. The molecule has 1 aliphatic rings. The number of benzene rings is 1. The van der Waals surface area contributed by atoms with Gasteiger partial charge in [-0.25, -0.2) is 0 Å². The Hall–Kier alpha value is -1.05. The number of halogens is 2. The van der Waals surface area contributed by atoms with E-state index in [2.05, 4.69) is 0 Å². The number of nitrogens with two attached hydrogens (primary N) is 1. The predicted octanol–water partition coefficient (Wildman–Crippen LogP) is 1.54. The number of aliphatic hydroxyl groups is 2. The van der Waals surface area contributed by atoms with Gasteiger partial charge in [0.1, 0.15) is 5.75 Å². The highest BCUT2D eigenvalue weighted by Crippen LogP contribution is 2.39. The molecule has 1 saturated heterocycles. The van der Waals surface area contributed by atoms with Gasteiger partial charge in [-0.05, 0) is 24.3 Å². The SMILES string of the molecule is C[C@@H]1CN(C(=O)C(O)CO)CC[C@@H]1C(N)c1cc(Cl)c(Cl)cc1O. The van der Waals surface area contributed by atoms with Crippen LogP contribution < -0.4 is 5.73 Å². The first-order valence-electron chi connectivity index (χ1n) is 7.77. The van der Waals surface area contributed by atoms with Crippen LogP contribution >= 0.6 is 23.2 Å². The average molecular weight is 377 g/mol. The Balaban J connectivity index is 2.12. The number of nitrogens with zero attached hydrogens (tertiary/aromatic N) is 1. The fourth-order valence-corrected chi connectivity index (χ4v) is 3.57. The Morgan fingerprint density at radius 3 is 2.62 bits per heavy atom. The van der Waals surface area contributed by atoms with Gasteiger partial charge in [0.2, 0.25) is 0 Å². The quantitative estimate of drug-likeness (QED) is 0.637. The first-order valence-corrected chi connectivity index (χ1v) is 8.53. The molecule has 1 aromatic carbocycles. The number of phenols is 1. The number of carbonyl (C=O) groups is 1. The number of piperidine rings is 1. The molecular formula is C16H22Cl2N2O4. The van der Waals surface area contributed by atoms with Crippen molar-refractivity contribution in [3.63, 3.8) is 0 Å².